The number of aromatic nitrogens is 1. The number of rotatable bonds is 6. The molecule has 1 unspecified atom stereocenters. The van der Waals surface area contributed by atoms with Crippen LogP contribution in [0.5, 0.6) is 5.75 Å². The van der Waals surface area contributed by atoms with Gasteiger partial charge in [0.15, 0.2) is 0 Å². The summed E-state index contributed by atoms with van der Waals surface area (Å²) in [7, 11) is 0. The second kappa shape index (κ2) is 11.0. The van der Waals surface area contributed by atoms with Gasteiger partial charge in [0.05, 0.1) is 11.4 Å². The zero-order chi connectivity index (χ0) is 24.7. The van der Waals surface area contributed by atoms with Crippen molar-refractivity contribution in [1.82, 2.24) is 4.98 Å². The molecular weight excluding hydrogens is 443 g/mol. The number of alkyl halides is 3. The molecule has 0 fully saturated rings. The van der Waals surface area contributed by atoms with E-state index in [0.717, 1.165) is 33.4 Å². The standard InChI is InChI=1S/C24H23N3O2.C2H3F3/c1-17-15-19(12-13-21(17)27(25)20-9-3-2-4-10-20)22(28)16-29-23-11-5-7-18-8-6-14-26-24(18)23;1-2(3,4)5/h2-15,22,28H,16,25H2,1H3;1H3. The Morgan fingerprint density at radius 2 is 1.68 bits per heavy atom. The van der Waals surface area contributed by atoms with Crippen LogP contribution in [0.4, 0.5) is 24.5 Å². The SMILES string of the molecule is CC(F)(F)F.Cc1cc(C(O)COc2cccc3cccnc23)ccc1N(N)c1ccccc1. The van der Waals surface area contributed by atoms with Crippen LogP contribution in [0.15, 0.2) is 85.1 Å². The van der Waals surface area contributed by atoms with Gasteiger partial charge in [0.25, 0.3) is 0 Å². The highest BCUT2D eigenvalue weighted by Gasteiger charge is 2.16. The number of hydrogen-bond donors (Lipinski definition) is 2. The van der Waals surface area contributed by atoms with Crippen molar-refractivity contribution in [2.45, 2.75) is 26.1 Å². The van der Waals surface area contributed by atoms with E-state index in [1.807, 2.05) is 85.8 Å². The Kier molecular flexibility index (Phi) is 8.09. The van der Waals surface area contributed by atoms with E-state index < -0.39 is 12.3 Å². The number of ether oxygens (including phenoxy) is 1. The van der Waals surface area contributed by atoms with E-state index in [0.29, 0.717) is 5.75 Å². The van der Waals surface area contributed by atoms with Crippen molar-refractivity contribution < 1.29 is 23.0 Å². The minimum absolute atomic E-state index is 0.138. The van der Waals surface area contributed by atoms with Crippen LogP contribution in [0, 0.1) is 6.92 Å². The number of aryl methyl sites for hydroxylation is 1. The van der Waals surface area contributed by atoms with E-state index >= 15 is 0 Å². The first kappa shape index (κ1) is 25.0. The van der Waals surface area contributed by atoms with Crippen molar-refractivity contribution in [1.29, 1.82) is 0 Å². The van der Waals surface area contributed by atoms with Crippen LogP contribution in [0.3, 0.4) is 0 Å². The Hall–Kier alpha value is -3.62. The summed E-state index contributed by atoms with van der Waals surface area (Å²) < 4.78 is 36.9. The number of benzene rings is 3. The number of pyridine rings is 1. The van der Waals surface area contributed by atoms with Gasteiger partial charge in [-0.3, -0.25) is 9.99 Å². The molecule has 0 amide bonds. The lowest BCUT2D eigenvalue weighted by Crippen LogP contribution is -2.25. The van der Waals surface area contributed by atoms with Gasteiger partial charge < -0.3 is 9.84 Å². The van der Waals surface area contributed by atoms with E-state index in [4.69, 9.17) is 10.6 Å². The molecule has 1 aromatic heterocycles. The highest BCUT2D eigenvalue weighted by molar-refractivity contribution is 5.84. The van der Waals surface area contributed by atoms with Gasteiger partial charge in [0, 0.05) is 18.5 Å². The molecule has 4 rings (SSSR count). The lowest BCUT2D eigenvalue weighted by molar-refractivity contribution is -0.110. The summed E-state index contributed by atoms with van der Waals surface area (Å²) in [5.41, 5.74) is 4.32. The first-order valence-corrected chi connectivity index (χ1v) is 10.6. The molecule has 0 bridgehead atoms. The number of hydrogen-bond acceptors (Lipinski definition) is 5. The Balaban J connectivity index is 0.000000588. The minimum Gasteiger partial charge on any atom is -0.488 e. The second-order valence-corrected chi connectivity index (χ2v) is 7.69. The third-order valence-corrected chi connectivity index (χ3v) is 4.89. The van der Waals surface area contributed by atoms with Gasteiger partial charge in [0.1, 0.15) is 24.0 Å². The maximum Gasteiger partial charge on any atom is 0.386 e. The third-order valence-electron chi connectivity index (χ3n) is 4.89. The Bertz CT molecular complexity index is 1210. The fourth-order valence-corrected chi connectivity index (χ4v) is 3.34. The molecule has 178 valence electrons. The van der Waals surface area contributed by atoms with Crippen LogP contribution in [0.1, 0.15) is 24.2 Å². The van der Waals surface area contributed by atoms with E-state index in [2.05, 4.69) is 4.98 Å². The van der Waals surface area contributed by atoms with Gasteiger partial charge >= 0.3 is 6.18 Å². The summed E-state index contributed by atoms with van der Waals surface area (Å²) in [6.07, 6.45) is -3.02. The van der Waals surface area contributed by atoms with Crippen molar-refractivity contribution in [2.24, 2.45) is 5.84 Å². The molecular formula is C26H26F3N3O2. The number of anilines is 2. The molecule has 0 aliphatic carbocycles. The molecule has 1 heterocycles. The van der Waals surface area contributed by atoms with Crippen LogP contribution in [0.2, 0.25) is 0 Å². The van der Waals surface area contributed by atoms with Gasteiger partial charge in [0.2, 0.25) is 0 Å². The highest BCUT2D eigenvalue weighted by atomic mass is 19.4. The molecule has 5 nitrogen and oxygen atoms in total. The highest BCUT2D eigenvalue weighted by Crippen LogP contribution is 2.29. The Labute approximate surface area is 196 Å². The second-order valence-electron chi connectivity index (χ2n) is 7.69. The fraction of sp³-hybridized carbons (Fsp3) is 0.192. The molecule has 3 N–H and O–H groups in total. The topological polar surface area (TPSA) is 71.6 Å². The number of para-hydroxylation sites is 2. The average molecular weight is 470 g/mol. The molecule has 8 heteroatoms. The largest absolute Gasteiger partial charge is 0.488 e. The number of nitrogens with two attached hydrogens (primary N) is 1. The van der Waals surface area contributed by atoms with Gasteiger partial charge in [-0.25, -0.2) is 5.84 Å². The maximum absolute atomic E-state index is 10.6. The molecule has 4 aromatic rings. The predicted molar refractivity (Wildman–Crippen MR) is 128 cm³/mol. The van der Waals surface area contributed by atoms with Crippen LogP contribution in [-0.2, 0) is 0 Å². The summed E-state index contributed by atoms with van der Waals surface area (Å²) in [6, 6.07) is 25.1. The van der Waals surface area contributed by atoms with Crippen molar-refractivity contribution in [2.75, 3.05) is 11.6 Å². The Morgan fingerprint density at radius 3 is 2.35 bits per heavy atom. The van der Waals surface area contributed by atoms with E-state index in [1.165, 1.54) is 0 Å². The first-order chi connectivity index (χ1) is 16.1. The van der Waals surface area contributed by atoms with E-state index in [9.17, 15) is 18.3 Å². The number of aliphatic hydroxyl groups excluding tert-OH is 1. The predicted octanol–water partition coefficient (Wildman–Crippen LogP) is 6.24. The minimum atomic E-state index is -4.00. The summed E-state index contributed by atoms with van der Waals surface area (Å²) in [4.78, 5) is 4.38. The quantitative estimate of drug-likeness (QED) is 0.259. The molecule has 0 aliphatic rings. The molecule has 0 saturated heterocycles. The fourth-order valence-electron chi connectivity index (χ4n) is 3.34. The lowest BCUT2D eigenvalue weighted by atomic mass is 10.0. The van der Waals surface area contributed by atoms with Crippen LogP contribution >= 0.6 is 0 Å². The first-order valence-electron chi connectivity index (χ1n) is 10.6. The lowest BCUT2D eigenvalue weighted by Gasteiger charge is -2.22. The number of aliphatic hydroxyl groups is 1. The van der Waals surface area contributed by atoms with Crippen molar-refractivity contribution in [3.8, 4) is 5.75 Å². The molecule has 1 atom stereocenters. The number of fused-ring (bicyclic) bond motifs is 1. The summed E-state index contributed by atoms with van der Waals surface area (Å²) >= 11 is 0. The third kappa shape index (κ3) is 6.94. The average Bonchev–Trinajstić information content (AvgIpc) is 2.81. The molecule has 0 radical (unpaired) electrons. The number of hydrazine groups is 1. The van der Waals surface area contributed by atoms with Gasteiger partial charge in [-0.15, -0.1) is 0 Å². The number of halogens is 3. The molecule has 0 aliphatic heterocycles. The summed E-state index contributed by atoms with van der Waals surface area (Å²) in [5.74, 6) is 6.93. The van der Waals surface area contributed by atoms with Crippen LogP contribution < -0.4 is 15.6 Å². The molecule has 0 spiro atoms. The van der Waals surface area contributed by atoms with Gasteiger partial charge in [-0.05, 0) is 48.4 Å². The van der Waals surface area contributed by atoms with E-state index in [1.54, 1.807) is 11.2 Å². The van der Waals surface area contributed by atoms with Gasteiger partial charge in [-0.2, -0.15) is 13.2 Å². The maximum atomic E-state index is 10.6. The zero-order valence-corrected chi connectivity index (χ0v) is 18.8. The molecule has 34 heavy (non-hydrogen) atoms. The zero-order valence-electron chi connectivity index (χ0n) is 18.8. The van der Waals surface area contributed by atoms with Crippen LogP contribution in [0.25, 0.3) is 10.9 Å². The van der Waals surface area contributed by atoms with Crippen molar-refractivity contribution in [3.63, 3.8) is 0 Å². The number of nitrogens with zero attached hydrogens (tertiary/aromatic N) is 2. The van der Waals surface area contributed by atoms with Crippen molar-refractivity contribution >= 4 is 22.3 Å². The Morgan fingerprint density at radius 1 is 1.00 bits per heavy atom. The summed E-state index contributed by atoms with van der Waals surface area (Å²) in [6.45, 7) is 2.30. The van der Waals surface area contributed by atoms with Gasteiger partial charge in [-0.1, -0.05) is 48.5 Å². The smallest absolute Gasteiger partial charge is 0.386 e. The molecule has 0 saturated carbocycles. The van der Waals surface area contributed by atoms with Crippen molar-refractivity contribution in [3.05, 3.63) is 96.2 Å². The van der Waals surface area contributed by atoms with E-state index in [-0.39, 0.29) is 13.5 Å². The van der Waals surface area contributed by atoms with Crippen LogP contribution in [-0.4, -0.2) is 22.9 Å². The normalized spacial score (nSPS) is 12.0. The molecule has 3 aromatic carbocycles. The monoisotopic (exact) mass is 469 g/mol. The summed E-state index contributed by atoms with van der Waals surface area (Å²) in [5, 5.41) is 13.3.